The molecule has 0 aromatic heterocycles. The maximum atomic E-state index is 6.25. The number of hydrogen-bond donors (Lipinski definition) is 0. The van der Waals surface area contributed by atoms with Crippen molar-refractivity contribution in [2.75, 3.05) is 13.2 Å². The maximum Gasteiger partial charge on any atom is 0.191 e. The lowest BCUT2D eigenvalue weighted by Gasteiger charge is -2.28. The fourth-order valence-electron chi connectivity index (χ4n) is 2.72. The summed E-state index contributed by atoms with van der Waals surface area (Å²) in [5.41, 5.74) is 0. The van der Waals surface area contributed by atoms with Crippen molar-refractivity contribution in [2.24, 2.45) is 0 Å². The Balaban J connectivity index is 2.11. The minimum atomic E-state index is -1.38. The second kappa shape index (κ2) is 7.77. The fraction of sp³-hybridized carbons (Fsp3) is 1.00. The zero-order valence-electron chi connectivity index (χ0n) is 13.5. The molecule has 1 heterocycles. The van der Waals surface area contributed by atoms with E-state index >= 15 is 0 Å². The van der Waals surface area contributed by atoms with Gasteiger partial charge >= 0.3 is 0 Å². The van der Waals surface area contributed by atoms with Crippen molar-refractivity contribution in [1.82, 2.24) is 0 Å². The van der Waals surface area contributed by atoms with Crippen molar-refractivity contribution in [3.05, 3.63) is 0 Å². The third kappa shape index (κ3) is 5.54. The minimum absolute atomic E-state index is 0.278. The van der Waals surface area contributed by atoms with Crippen molar-refractivity contribution in [2.45, 2.75) is 83.9 Å². The van der Waals surface area contributed by atoms with Gasteiger partial charge in [0.25, 0.3) is 0 Å². The first-order chi connectivity index (χ1) is 8.97. The molecule has 0 bridgehead atoms. The number of unbranched alkanes of at least 4 members (excludes halogenated alkanes) is 1. The van der Waals surface area contributed by atoms with Gasteiger partial charge in [-0.1, -0.05) is 20.8 Å². The molecular weight excluding hydrogens is 256 g/mol. The lowest BCUT2D eigenvalue weighted by molar-refractivity contribution is -0.139. The lowest BCUT2D eigenvalue weighted by atomic mass is 10.2. The Labute approximate surface area is 120 Å². The van der Waals surface area contributed by atoms with Crippen molar-refractivity contribution in [1.29, 1.82) is 0 Å². The van der Waals surface area contributed by atoms with E-state index in [0.29, 0.717) is 0 Å². The van der Waals surface area contributed by atoms with Crippen LogP contribution in [0.25, 0.3) is 0 Å². The molecule has 1 unspecified atom stereocenters. The van der Waals surface area contributed by atoms with Gasteiger partial charge in [0, 0.05) is 6.61 Å². The summed E-state index contributed by atoms with van der Waals surface area (Å²) < 4.78 is 17.6. The van der Waals surface area contributed by atoms with Crippen LogP contribution in [0.5, 0.6) is 0 Å². The van der Waals surface area contributed by atoms with E-state index in [2.05, 4.69) is 20.8 Å². The Morgan fingerprint density at radius 2 is 1.74 bits per heavy atom. The van der Waals surface area contributed by atoms with Crippen LogP contribution in [0.2, 0.25) is 18.1 Å². The minimum Gasteiger partial charge on any atom is -0.417 e. The van der Waals surface area contributed by atoms with Gasteiger partial charge < -0.3 is 13.9 Å². The van der Waals surface area contributed by atoms with E-state index in [1.165, 1.54) is 24.6 Å². The van der Waals surface area contributed by atoms with Crippen LogP contribution in [0.1, 0.15) is 53.9 Å². The summed E-state index contributed by atoms with van der Waals surface area (Å²) in [4.78, 5) is 0. The molecule has 1 fully saturated rings. The predicted octanol–water partition coefficient (Wildman–Crippen LogP) is 4.33. The first-order valence-electron chi connectivity index (χ1n) is 7.92. The lowest BCUT2D eigenvalue weighted by Crippen LogP contribution is -2.36. The summed E-state index contributed by atoms with van der Waals surface area (Å²) in [6, 6.07) is 3.73. The maximum absolute atomic E-state index is 6.25. The summed E-state index contributed by atoms with van der Waals surface area (Å²) in [5, 5.41) is 0. The van der Waals surface area contributed by atoms with E-state index in [1.807, 2.05) is 13.8 Å². The molecular formula is C15H32O3Si. The highest BCUT2D eigenvalue weighted by Crippen LogP contribution is 2.26. The molecule has 1 saturated heterocycles. The summed E-state index contributed by atoms with van der Waals surface area (Å²) in [7, 11) is -1.38. The zero-order chi connectivity index (χ0) is 14.4. The standard InChI is InChI=1S/C15H32O3Si/c1-6-19(7-2,8-3)17-12-10-9-11-14-13-16-15(4,5)18-14/h14H,6-13H2,1-5H3. The molecule has 0 aliphatic carbocycles. The van der Waals surface area contributed by atoms with Crippen LogP contribution in [0, 0.1) is 0 Å². The van der Waals surface area contributed by atoms with E-state index < -0.39 is 8.32 Å². The normalized spacial score (nSPS) is 22.9. The molecule has 1 aliphatic heterocycles. The monoisotopic (exact) mass is 288 g/mol. The topological polar surface area (TPSA) is 27.7 Å². The molecule has 0 aromatic carbocycles. The molecule has 114 valence electrons. The average Bonchev–Trinajstić information content (AvgIpc) is 2.74. The van der Waals surface area contributed by atoms with E-state index in [1.54, 1.807) is 0 Å². The zero-order valence-corrected chi connectivity index (χ0v) is 14.5. The van der Waals surface area contributed by atoms with Gasteiger partial charge in [0.15, 0.2) is 14.1 Å². The Morgan fingerprint density at radius 1 is 1.11 bits per heavy atom. The smallest absolute Gasteiger partial charge is 0.191 e. The second-order valence-electron chi connectivity index (χ2n) is 6.04. The summed E-state index contributed by atoms with van der Waals surface area (Å²) >= 11 is 0. The van der Waals surface area contributed by atoms with E-state index in [4.69, 9.17) is 13.9 Å². The van der Waals surface area contributed by atoms with Crippen LogP contribution < -0.4 is 0 Å². The molecule has 1 aliphatic rings. The SMILES string of the molecule is CC[Si](CC)(CC)OCCCCC1COC(C)(C)O1. The number of ether oxygens (including phenoxy) is 2. The summed E-state index contributed by atoms with van der Waals surface area (Å²) in [6.45, 7) is 12.5. The largest absolute Gasteiger partial charge is 0.417 e. The van der Waals surface area contributed by atoms with Gasteiger partial charge in [-0.3, -0.25) is 0 Å². The Hall–Kier alpha value is 0.0969. The van der Waals surface area contributed by atoms with Crippen molar-refractivity contribution in [3.63, 3.8) is 0 Å². The molecule has 0 amide bonds. The molecule has 1 atom stereocenters. The fourth-order valence-corrected chi connectivity index (χ4v) is 5.41. The summed E-state index contributed by atoms with van der Waals surface area (Å²) in [6.07, 6.45) is 3.69. The molecule has 0 radical (unpaired) electrons. The van der Waals surface area contributed by atoms with Crippen LogP contribution >= 0.6 is 0 Å². The molecule has 0 saturated carbocycles. The molecule has 19 heavy (non-hydrogen) atoms. The highest BCUT2D eigenvalue weighted by atomic mass is 28.4. The third-order valence-electron chi connectivity index (χ3n) is 4.33. The molecule has 3 nitrogen and oxygen atoms in total. The van der Waals surface area contributed by atoms with Gasteiger partial charge in [0.05, 0.1) is 12.7 Å². The van der Waals surface area contributed by atoms with Crippen molar-refractivity contribution in [3.8, 4) is 0 Å². The van der Waals surface area contributed by atoms with Crippen LogP contribution in [0.3, 0.4) is 0 Å². The second-order valence-corrected chi connectivity index (χ2v) is 10.8. The van der Waals surface area contributed by atoms with Crippen LogP contribution in [0.15, 0.2) is 0 Å². The quantitative estimate of drug-likeness (QED) is 0.467. The number of rotatable bonds is 9. The van der Waals surface area contributed by atoms with Crippen LogP contribution in [0.4, 0.5) is 0 Å². The van der Waals surface area contributed by atoms with Gasteiger partial charge in [-0.2, -0.15) is 0 Å². The number of hydrogen-bond acceptors (Lipinski definition) is 3. The van der Waals surface area contributed by atoms with Gasteiger partial charge in [-0.25, -0.2) is 0 Å². The predicted molar refractivity (Wildman–Crippen MR) is 81.9 cm³/mol. The molecule has 0 spiro atoms. The van der Waals surface area contributed by atoms with Crippen molar-refractivity contribution < 1.29 is 13.9 Å². The highest BCUT2D eigenvalue weighted by Gasteiger charge is 2.32. The Morgan fingerprint density at radius 3 is 2.21 bits per heavy atom. The third-order valence-corrected chi connectivity index (χ3v) is 9.01. The van der Waals surface area contributed by atoms with E-state index in [-0.39, 0.29) is 11.9 Å². The van der Waals surface area contributed by atoms with Crippen LogP contribution in [-0.4, -0.2) is 33.4 Å². The first kappa shape index (κ1) is 17.1. The van der Waals surface area contributed by atoms with Crippen molar-refractivity contribution >= 4 is 8.32 Å². The van der Waals surface area contributed by atoms with Gasteiger partial charge in [-0.15, -0.1) is 0 Å². The molecule has 0 aromatic rings. The molecule has 1 rings (SSSR count). The van der Waals surface area contributed by atoms with Crippen LogP contribution in [-0.2, 0) is 13.9 Å². The first-order valence-corrected chi connectivity index (χ1v) is 10.5. The molecule has 0 N–H and O–H groups in total. The van der Waals surface area contributed by atoms with E-state index in [9.17, 15) is 0 Å². The molecule has 4 heteroatoms. The van der Waals surface area contributed by atoms with Gasteiger partial charge in [-0.05, 0) is 51.2 Å². The highest BCUT2D eigenvalue weighted by molar-refractivity contribution is 6.73. The Kier molecular flexibility index (Phi) is 7.01. The summed E-state index contributed by atoms with van der Waals surface area (Å²) in [5.74, 6) is -0.379. The van der Waals surface area contributed by atoms with Gasteiger partial charge in [0.1, 0.15) is 0 Å². The van der Waals surface area contributed by atoms with E-state index in [0.717, 1.165) is 26.1 Å². The van der Waals surface area contributed by atoms with Gasteiger partial charge in [0.2, 0.25) is 0 Å². The Bertz CT molecular complexity index is 244. The average molecular weight is 289 g/mol.